The van der Waals surface area contributed by atoms with E-state index in [1.165, 1.54) is 11.0 Å². The van der Waals surface area contributed by atoms with Crippen LogP contribution >= 0.6 is 11.8 Å². The Morgan fingerprint density at radius 3 is 2.65 bits per heavy atom. The zero-order valence-corrected chi connectivity index (χ0v) is 15.9. The second-order valence-corrected chi connectivity index (χ2v) is 7.46. The van der Waals surface area contributed by atoms with Gasteiger partial charge in [0.25, 0.3) is 5.91 Å². The first-order chi connectivity index (χ1) is 12.4. The highest BCUT2D eigenvalue weighted by molar-refractivity contribution is 7.99. The van der Waals surface area contributed by atoms with Crippen LogP contribution in [0.2, 0.25) is 0 Å². The van der Waals surface area contributed by atoms with Gasteiger partial charge in [0, 0.05) is 16.7 Å². The third-order valence-electron chi connectivity index (χ3n) is 3.39. The van der Waals surface area contributed by atoms with Gasteiger partial charge in [-0.1, -0.05) is 26.0 Å². The number of thioether (sulfide) groups is 1. The first-order valence-electron chi connectivity index (χ1n) is 8.31. The number of hydrogen-bond acceptors (Lipinski definition) is 6. The Bertz CT molecular complexity index is 814. The standard InChI is InChI=1S/C19H22N4O2S/c1-4-25-19-15(10-20)16(21)9-17(23-19)18(24)22-11-13-5-7-14(8-6-13)26-12(2)3/h5-9,12H,4,11H2,1-3H3,(H2,21,23)(H,22,24). The molecule has 0 saturated heterocycles. The number of aromatic nitrogens is 1. The van der Waals surface area contributed by atoms with E-state index in [1.54, 1.807) is 18.7 Å². The molecule has 3 N–H and O–H groups in total. The summed E-state index contributed by atoms with van der Waals surface area (Å²) in [6.45, 7) is 6.76. The van der Waals surface area contributed by atoms with Crippen LogP contribution in [-0.4, -0.2) is 22.7 Å². The van der Waals surface area contributed by atoms with Crippen molar-refractivity contribution in [3.05, 3.63) is 47.2 Å². The Hall–Kier alpha value is -2.72. The van der Waals surface area contributed by atoms with Crippen LogP contribution < -0.4 is 15.8 Å². The van der Waals surface area contributed by atoms with Crippen molar-refractivity contribution < 1.29 is 9.53 Å². The Morgan fingerprint density at radius 2 is 2.08 bits per heavy atom. The maximum Gasteiger partial charge on any atom is 0.270 e. The number of benzene rings is 1. The van der Waals surface area contributed by atoms with Crippen LogP contribution in [0.15, 0.2) is 35.2 Å². The minimum Gasteiger partial charge on any atom is -0.477 e. The lowest BCUT2D eigenvalue weighted by Crippen LogP contribution is -2.24. The number of nitrogens with zero attached hydrogens (tertiary/aromatic N) is 2. The summed E-state index contributed by atoms with van der Waals surface area (Å²) in [5, 5.41) is 12.5. The van der Waals surface area contributed by atoms with Crippen molar-refractivity contribution >= 4 is 23.4 Å². The summed E-state index contributed by atoms with van der Waals surface area (Å²) in [6, 6.07) is 11.4. The van der Waals surface area contributed by atoms with Crippen molar-refractivity contribution in [1.29, 1.82) is 5.26 Å². The number of anilines is 1. The quantitative estimate of drug-likeness (QED) is 0.725. The highest BCUT2D eigenvalue weighted by Crippen LogP contribution is 2.24. The van der Waals surface area contributed by atoms with Gasteiger partial charge < -0.3 is 15.8 Å². The summed E-state index contributed by atoms with van der Waals surface area (Å²) in [5.74, 6) is -0.294. The number of nitrogen functional groups attached to an aromatic ring is 1. The highest BCUT2D eigenvalue weighted by atomic mass is 32.2. The van der Waals surface area contributed by atoms with Crippen LogP contribution in [0.4, 0.5) is 5.69 Å². The van der Waals surface area contributed by atoms with E-state index in [1.807, 2.05) is 30.3 Å². The molecule has 0 saturated carbocycles. The molecular formula is C19H22N4O2S. The van der Waals surface area contributed by atoms with Crippen LogP contribution in [0.3, 0.4) is 0 Å². The second kappa shape index (κ2) is 9.11. The smallest absolute Gasteiger partial charge is 0.270 e. The normalized spacial score (nSPS) is 10.4. The number of amides is 1. The molecule has 0 radical (unpaired) electrons. The summed E-state index contributed by atoms with van der Waals surface area (Å²) in [4.78, 5) is 17.7. The van der Waals surface area contributed by atoms with E-state index >= 15 is 0 Å². The van der Waals surface area contributed by atoms with Crippen LogP contribution in [0.1, 0.15) is 42.4 Å². The van der Waals surface area contributed by atoms with Crippen molar-refractivity contribution in [3.63, 3.8) is 0 Å². The third-order valence-corrected chi connectivity index (χ3v) is 4.41. The van der Waals surface area contributed by atoms with Crippen LogP contribution in [0.25, 0.3) is 0 Å². The maximum absolute atomic E-state index is 12.4. The van der Waals surface area contributed by atoms with Crippen molar-refractivity contribution in [1.82, 2.24) is 10.3 Å². The molecule has 0 aliphatic carbocycles. The molecule has 1 aromatic carbocycles. The molecule has 1 heterocycles. The molecule has 0 fully saturated rings. The Balaban J connectivity index is 2.07. The minimum absolute atomic E-state index is 0.0789. The lowest BCUT2D eigenvalue weighted by Gasteiger charge is -2.10. The van der Waals surface area contributed by atoms with Gasteiger partial charge in [-0.25, -0.2) is 4.98 Å². The fourth-order valence-corrected chi connectivity index (χ4v) is 3.08. The van der Waals surface area contributed by atoms with Crippen molar-refractivity contribution in [2.75, 3.05) is 12.3 Å². The molecule has 2 rings (SSSR count). The average molecular weight is 370 g/mol. The van der Waals surface area contributed by atoms with E-state index in [0.717, 1.165) is 5.56 Å². The molecule has 26 heavy (non-hydrogen) atoms. The molecule has 2 aromatic rings. The summed E-state index contributed by atoms with van der Waals surface area (Å²) in [5.41, 5.74) is 7.26. The fourth-order valence-electron chi connectivity index (χ4n) is 2.24. The molecule has 0 unspecified atom stereocenters. The van der Waals surface area contributed by atoms with Crippen molar-refractivity contribution in [2.24, 2.45) is 0 Å². The van der Waals surface area contributed by atoms with Gasteiger partial charge in [-0.05, 0) is 30.7 Å². The Morgan fingerprint density at radius 1 is 1.38 bits per heavy atom. The molecule has 6 nitrogen and oxygen atoms in total. The SMILES string of the molecule is CCOc1nc(C(=O)NCc2ccc(SC(C)C)cc2)cc(N)c1C#N. The van der Waals surface area contributed by atoms with E-state index in [9.17, 15) is 4.79 Å². The van der Waals surface area contributed by atoms with Gasteiger partial charge in [0.2, 0.25) is 5.88 Å². The third kappa shape index (κ3) is 5.14. The molecule has 1 amide bonds. The van der Waals surface area contributed by atoms with Gasteiger partial charge >= 0.3 is 0 Å². The van der Waals surface area contributed by atoms with Gasteiger partial charge in [0.15, 0.2) is 0 Å². The number of pyridine rings is 1. The number of nitrogens with two attached hydrogens (primary N) is 1. The number of nitrogens with one attached hydrogen (secondary N) is 1. The predicted molar refractivity (Wildman–Crippen MR) is 103 cm³/mol. The number of hydrogen-bond donors (Lipinski definition) is 2. The van der Waals surface area contributed by atoms with Gasteiger partial charge in [-0.15, -0.1) is 11.8 Å². The summed E-state index contributed by atoms with van der Waals surface area (Å²) in [6.07, 6.45) is 0. The molecular weight excluding hydrogens is 348 g/mol. The molecule has 0 atom stereocenters. The van der Waals surface area contributed by atoms with Crippen LogP contribution in [-0.2, 0) is 6.54 Å². The maximum atomic E-state index is 12.4. The number of carbonyl (C=O) groups is 1. The van der Waals surface area contributed by atoms with Crippen molar-refractivity contribution in [3.8, 4) is 11.9 Å². The van der Waals surface area contributed by atoms with Crippen LogP contribution in [0, 0.1) is 11.3 Å². The number of ether oxygens (including phenoxy) is 1. The first-order valence-corrected chi connectivity index (χ1v) is 9.19. The average Bonchev–Trinajstić information content (AvgIpc) is 2.60. The lowest BCUT2D eigenvalue weighted by molar-refractivity contribution is 0.0945. The molecule has 1 aromatic heterocycles. The van der Waals surface area contributed by atoms with E-state index in [4.69, 9.17) is 15.7 Å². The largest absolute Gasteiger partial charge is 0.477 e. The van der Waals surface area contributed by atoms with Gasteiger partial charge in [0.05, 0.1) is 12.3 Å². The predicted octanol–water partition coefficient (Wildman–Crippen LogP) is 3.36. The topological polar surface area (TPSA) is 101 Å². The van der Waals surface area contributed by atoms with Gasteiger partial charge in [-0.3, -0.25) is 4.79 Å². The summed E-state index contributed by atoms with van der Waals surface area (Å²) in [7, 11) is 0. The van der Waals surface area contributed by atoms with Crippen LogP contribution in [0.5, 0.6) is 5.88 Å². The van der Waals surface area contributed by atoms with E-state index < -0.39 is 0 Å². The molecule has 0 aliphatic heterocycles. The monoisotopic (exact) mass is 370 g/mol. The van der Waals surface area contributed by atoms with Gasteiger partial charge in [0.1, 0.15) is 17.3 Å². The van der Waals surface area contributed by atoms with E-state index in [2.05, 4.69) is 24.1 Å². The van der Waals surface area contributed by atoms with E-state index in [0.29, 0.717) is 18.4 Å². The number of nitriles is 1. The molecule has 0 spiro atoms. The Labute approximate surface area is 157 Å². The first kappa shape index (κ1) is 19.6. The zero-order chi connectivity index (χ0) is 19.1. The van der Waals surface area contributed by atoms with Crippen molar-refractivity contribution in [2.45, 2.75) is 37.5 Å². The minimum atomic E-state index is -0.372. The number of rotatable bonds is 7. The molecule has 0 aliphatic rings. The zero-order valence-electron chi connectivity index (χ0n) is 15.1. The molecule has 136 valence electrons. The highest BCUT2D eigenvalue weighted by Gasteiger charge is 2.16. The summed E-state index contributed by atoms with van der Waals surface area (Å²) < 4.78 is 5.31. The lowest BCUT2D eigenvalue weighted by atomic mass is 10.2. The number of carbonyl (C=O) groups excluding carboxylic acids is 1. The van der Waals surface area contributed by atoms with E-state index in [-0.39, 0.29) is 28.7 Å². The van der Waals surface area contributed by atoms with Gasteiger partial charge in [-0.2, -0.15) is 5.26 Å². The fraction of sp³-hybridized carbons (Fsp3) is 0.316. The summed E-state index contributed by atoms with van der Waals surface area (Å²) >= 11 is 1.79. The molecule has 0 bridgehead atoms. The second-order valence-electron chi connectivity index (χ2n) is 5.81. The molecule has 7 heteroatoms. The Kier molecular flexibility index (Phi) is 6.87.